The average molecular weight is 522 g/mol. The van der Waals surface area contributed by atoms with Gasteiger partial charge in [-0.25, -0.2) is 9.59 Å². The van der Waals surface area contributed by atoms with E-state index in [0.717, 1.165) is 18.8 Å². The van der Waals surface area contributed by atoms with E-state index in [2.05, 4.69) is 5.32 Å². The summed E-state index contributed by atoms with van der Waals surface area (Å²) in [5.41, 5.74) is -0.986. The van der Waals surface area contributed by atoms with Gasteiger partial charge in [-0.15, -0.1) is 0 Å². The number of Topliss-reactive ketones (excluding diaryl/α,β-unsaturated/α-hetero) is 1. The second kappa shape index (κ2) is 11.0. The molecule has 0 aromatic heterocycles. The summed E-state index contributed by atoms with van der Waals surface area (Å²) in [6.45, 7) is 6.03. The van der Waals surface area contributed by atoms with Gasteiger partial charge in [0.1, 0.15) is 11.5 Å². The second-order valence-corrected chi connectivity index (χ2v) is 11.2. The van der Waals surface area contributed by atoms with Crippen LogP contribution >= 0.6 is 0 Å². The van der Waals surface area contributed by atoms with Crippen LogP contribution in [0, 0.1) is 23.2 Å². The van der Waals surface area contributed by atoms with E-state index in [1.165, 1.54) is 55.7 Å². The van der Waals surface area contributed by atoms with Crippen molar-refractivity contribution >= 4 is 23.6 Å². The molecule has 0 aliphatic heterocycles. The largest absolute Gasteiger partial charge is 0.478 e. The molecule has 4 rings (SSSR count). The van der Waals surface area contributed by atoms with E-state index in [9.17, 15) is 29.4 Å². The lowest BCUT2D eigenvalue weighted by atomic mass is 9.79. The highest BCUT2D eigenvalue weighted by atomic mass is 16.5. The van der Waals surface area contributed by atoms with Gasteiger partial charge in [-0.3, -0.25) is 9.59 Å². The van der Waals surface area contributed by atoms with E-state index in [4.69, 9.17) is 4.74 Å². The lowest BCUT2D eigenvalue weighted by molar-refractivity contribution is 0.0680. The first-order chi connectivity index (χ1) is 18.0. The van der Waals surface area contributed by atoms with Gasteiger partial charge < -0.3 is 20.3 Å². The summed E-state index contributed by atoms with van der Waals surface area (Å²) in [5, 5.41) is 22.2. The summed E-state index contributed by atoms with van der Waals surface area (Å²) in [6.07, 6.45) is 6.12. The molecule has 2 aliphatic carbocycles. The molecule has 0 spiro atoms. The molecule has 2 fully saturated rings. The Morgan fingerprint density at radius 1 is 0.895 bits per heavy atom. The zero-order valence-corrected chi connectivity index (χ0v) is 22.1. The van der Waals surface area contributed by atoms with E-state index < -0.39 is 23.3 Å². The lowest BCUT2D eigenvalue weighted by Crippen LogP contribution is -2.32. The van der Waals surface area contributed by atoms with Gasteiger partial charge >= 0.3 is 11.9 Å². The highest BCUT2D eigenvalue weighted by molar-refractivity contribution is 6.08. The Balaban J connectivity index is 1.57. The monoisotopic (exact) mass is 521 g/mol. The maximum absolute atomic E-state index is 13.2. The number of ether oxygens (including phenoxy) is 1. The number of fused-ring (bicyclic) bond motifs is 2. The summed E-state index contributed by atoms with van der Waals surface area (Å²) in [4.78, 5) is 49.9. The van der Waals surface area contributed by atoms with Crippen LogP contribution in [0.3, 0.4) is 0 Å². The lowest BCUT2D eigenvalue weighted by Gasteiger charge is -2.23. The number of amides is 1. The number of ketones is 1. The molecule has 2 saturated carbocycles. The summed E-state index contributed by atoms with van der Waals surface area (Å²) in [7, 11) is 0. The first-order valence-corrected chi connectivity index (χ1v) is 13.3. The fourth-order valence-corrected chi connectivity index (χ4v) is 6.11. The second-order valence-electron chi connectivity index (χ2n) is 11.2. The number of carbonyl (C=O) groups is 4. The van der Waals surface area contributed by atoms with Gasteiger partial charge in [-0.05, 0) is 79.8 Å². The van der Waals surface area contributed by atoms with E-state index in [1.54, 1.807) is 13.8 Å². The van der Waals surface area contributed by atoms with Crippen molar-refractivity contribution in [1.29, 1.82) is 0 Å². The highest BCUT2D eigenvalue weighted by Gasteiger charge is 2.39. The molecule has 2 aromatic carbocycles. The number of benzene rings is 2. The number of carboxylic acids is 2. The van der Waals surface area contributed by atoms with Crippen LogP contribution in [0.1, 0.15) is 101 Å². The maximum Gasteiger partial charge on any atom is 0.336 e. The Hall–Kier alpha value is -3.68. The predicted octanol–water partition coefficient (Wildman–Crippen LogP) is 6.05. The minimum absolute atomic E-state index is 0.0132. The van der Waals surface area contributed by atoms with E-state index in [1.807, 2.05) is 6.92 Å². The number of carbonyl (C=O) groups excluding carboxylic acids is 2. The third-order valence-electron chi connectivity index (χ3n) is 8.07. The Labute approximate surface area is 222 Å². The van der Waals surface area contributed by atoms with Crippen molar-refractivity contribution < 1.29 is 34.1 Å². The first kappa shape index (κ1) is 27.4. The molecule has 0 radical (unpaired) electrons. The third kappa shape index (κ3) is 5.74. The number of rotatable bonds is 11. The number of aromatic carboxylic acids is 2. The van der Waals surface area contributed by atoms with E-state index in [0.29, 0.717) is 24.8 Å². The van der Waals surface area contributed by atoms with Gasteiger partial charge in [0.2, 0.25) is 0 Å². The normalized spacial score (nSPS) is 20.2. The number of carboxylic acid groups (broad SMARTS) is 2. The minimum atomic E-state index is -1.22. The highest BCUT2D eigenvalue weighted by Crippen LogP contribution is 2.48. The van der Waals surface area contributed by atoms with Crippen LogP contribution in [-0.4, -0.2) is 40.4 Å². The number of hydrogen-bond donors (Lipinski definition) is 3. The van der Waals surface area contributed by atoms with Crippen LogP contribution in [0.4, 0.5) is 0 Å². The molecule has 3 atom stereocenters. The number of nitrogens with one attached hydrogen (secondary N) is 1. The summed E-state index contributed by atoms with van der Waals surface area (Å²) >= 11 is 0. The Bertz CT molecular complexity index is 1270. The van der Waals surface area contributed by atoms with Gasteiger partial charge in [-0.2, -0.15) is 0 Å². The minimum Gasteiger partial charge on any atom is -0.478 e. The molecule has 1 amide bonds. The first-order valence-electron chi connectivity index (χ1n) is 13.3. The van der Waals surface area contributed by atoms with Gasteiger partial charge in [0.25, 0.3) is 5.91 Å². The molecule has 0 heterocycles. The van der Waals surface area contributed by atoms with Crippen LogP contribution < -0.4 is 10.1 Å². The summed E-state index contributed by atoms with van der Waals surface area (Å²) in [5.74, 6) is -1.02. The SMILES string of the molecule is CCCC(C)(C)C(=O)c1cc(Oc2ccc(C(=O)O)c(C(=O)NCC3CC4CCC3C4)c2)ccc1C(=O)O. The number of hydrogen-bond acceptors (Lipinski definition) is 5. The van der Waals surface area contributed by atoms with Gasteiger partial charge in [0.05, 0.1) is 16.7 Å². The average Bonchev–Trinajstić information content (AvgIpc) is 3.50. The van der Waals surface area contributed by atoms with E-state index >= 15 is 0 Å². The molecule has 38 heavy (non-hydrogen) atoms. The Kier molecular flexibility index (Phi) is 7.90. The summed E-state index contributed by atoms with van der Waals surface area (Å²) < 4.78 is 5.90. The van der Waals surface area contributed by atoms with Gasteiger partial charge in [0, 0.05) is 17.5 Å². The van der Waals surface area contributed by atoms with Crippen molar-refractivity contribution in [2.24, 2.45) is 23.2 Å². The van der Waals surface area contributed by atoms with Crippen molar-refractivity contribution in [3.05, 3.63) is 58.7 Å². The molecule has 2 aromatic rings. The van der Waals surface area contributed by atoms with Crippen molar-refractivity contribution in [2.45, 2.75) is 59.3 Å². The van der Waals surface area contributed by atoms with Crippen LogP contribution in [0.15, 0.2) is 36.4 Å². The zero-order chi connectivity index (χ0) is 27.6. The van der Waals surface area contributed by atoms with E-state index in [-0.39, 0.29) is 39.5 Å². The zero-order valence-electron chi connectivity index (χ0n) is 22.1. The molecule has 8 nitrogen and oxygen atoms in total. The van der Waals surface area contributed by atoms with Crippen molar-refractivity contribution in [1.82, 2.24) is 5.32 Å². The van der Waals surface area contributed by atoms with Gasteiger partial charge in [-0.1, -0.05) is 33.6 Å². The molecule has 202 valence electrons. The van der Waals surface area contributed by atoms with Crippen molar-refractivity contribution in [3.63, 3.8) is 0 Å². The fraction of sp³-hybridized carbons (Fsp3) is 0.467. The Morgan fingerprint density at radius 3 is 2.03 bits per heavy atom. The summed E-state index contributed by atoms with van der Waals surface area (Å²) in [6, 6.07) is 8.26. The topological polar surface area (TPSA) is 130 Å². The molecule has 3 N–H and O–H groups in total. The van der Waals surface area contributed by atoms with Crippen LogP contribution in [0.5, 0.6) is 11.5 Å². The standard InChI is InChI=1S/C30H35NO7/c1-4-11-30(2,3)26(32)24-14-20(7-9-22(24)28(34)35)38-21-8-10-23(29(36)37)25(15-21)27(33)31-16-19-13-17-5-6-18(19)12-17/h7-10,14-15,17-19H,4-6,11-13,16H2,1-3H3,(H,31,33)(H,34,35)(H,36,37). The molecule has 8 heteroatoms. The quantitative estimate of drug-likeness (QED) is 0.307. The fourth-order valence-electron chi connectivity index (χ4n) is 6.11. The Morgan fingerprint density at radius 2 is 1.50 bits per heavy atom. The van der Waals surface area contributed by atoms with Crippen molar-refractivity contribution in [2.75, 3.05) is 6.54 Å². The molecule has 0 saturated heterocycles. The van der Waals surface area contributed by atoms with Crippen molar-refractivity contribution in [3.8, 4) is 11.5 Å². The molecule has 2 bridgehead atoms. The molecule has 2 aliphatic rings. The van der Waals surface area contributed by atoms with Crippen LogP contribution in [0.2, 0.25) is 0 Å². The molecular formula is C30H35NO7. The third-order valence-corrected chi connectivity index (χ3v) is 8.07. The maximum atomic E-state index is 13.2. The molecule has 3 unspecified atom stereocenters. The van der Waals surface area contributed by atoms with Gasteiger partial charge in [0.15, 0.2) is 5.78 Å². The predicted molar refractivity (Wildman–Crippen MR) is 141 cm³/mol. The van der Waals surface area contributed by atoms with Crippen LogP contribution in [0.25, 0.3) is 0 Å². The molecular weight excluding hydrogens is 486 g/mol. The smallest absolute Gasteiger partial charge is 0.336 e. The van der Waals surface area contributed by atoms with Crippen LogP contribution in [-0.2, 0) is 0 Å².